The normalized spacial score (nSPS) is 16.7. The van der Waals surface area contributed by atoms with Crippen LogP contribution in [0.25, 0.3) is 10.2 Å². The number of aryl methyl sites for hydroxylation is 2. The fourth-order valence-corrected chi connectivity index (χ4v) is 7.58. The highest BCUT2D eigenvalue weighted by Crippen LogP contribution is 2.34. The molecule has 0 radical (unpaired) electrons. The van der Waals surface area contributed by atoms with Crippen molar-refractivity contribution in [1.29, 1.82) is 0 Å². The lowest BCUT2D eigenvalue weighted by atomic mass is 10.1. The van der Waals surface area contributed by atoms with E-state index >= 15 is 0 Å². The minimum atomic E-state index is -3.61. The lowest BCUT2D eigenvalue weighted by molar-refractivity contribution is 0.0985. The molecule has 7 nitrogen and oxygen atoms in total. The molecule has 1 fully saturated rings. The van der Waals surface area contributed by atoms with Crippen molar-refractivity contribution in [3.8, 4) is 0 Å². The minimum Gasteiger partial charge on any atom is -0.279 e. The molecule has 0 bridgehead atoms. The van der Waals surface area contributed by atoms with Crippen LogP contribution in [0.2, 0.25) is 0 Å². The molecule has 2 aromatic carbocycles. The van der Waals surface area contributed by atoms with Crippen molar-refractivity contribution in [3.63, 3.8) is 0 Å². The third-order valence-corrected chi connectivity index (χ3v) is 10.1. The van der Waals surface area contributed by atoms with Crippen molar-refractivity contribution in [1.82, 2.24) is 14.3 Å². The molecule has 0 spiro atoms. The number of carbonyl (C=O) groups excluding carboxylic acids is 1. The molecule has 1 amide bonds. The Balaban J connectivity index is 1.49. The zero-order chi connectivity index (χ0) is 26.2. The highest BCUT2D eigenvalue weighted by molar-refractivity contribution is 7.89. The van der Waals surface area contributed by atoms with Gasteiger partial charge in [0, 0.05) is 30.5 Å². The topological polar surface area (TPSA) is 83.5 Å². The lowest BCUT2D eigenvalue weighted by Crippen LogP contribution is -2.41. The molecule has 2 aromatic heterocycles. The number of nitrogens with zero attached hydrogens (tertiary/aromatic N) is 4. The van der Waals surface area contributed by atoms with E-state index in [1.807, 2.05) is 39.0 Å². The zero-order valence-corrected chi connectivity index (χ0v) is 22.8. The summed E-state index contributed by atoms with van der Waals surface area (Å²) in [5.74, 6) is -0.243. The Morgan fingerprint density at radius 2 is 1.92 bits per heavy atom. The molecule has 5 rings (SSSR count). The van der Waals surface area contributed by atoms with Crippen LogP contribution in [0.5, 0.6) is 0 Å². The number of benzene rings is 2. The number of amides is 1. The van der Waals surface area contributed by atoms with E-state index in [-0.39, 0.29) is 16.8 Å². The minimum absolute atomic E-state index is 0.0267. The fraction of sp³-hybridized carbons (Fsp3) is 0.321. The molecule has 3 heterocycles. The third kappa shape index (κ3) is 5.16. The Morgan fingerprint density at radius 3 is 2.62 bits per heavy atom. The van der Waals surface area contributed by atoms with E-state index in [9.17, 15) is 13.2 Å². The molecule has 1 saturated heterocycles. The molecule has 0 aliphatic carbocycles. The van der Waals surface area contributed by atoms with E-state index in [4.69, 9.17) is 4.98 Å². The predicted octanol–water partition coefficient (Wildman–Crippen LogP) is 5.72. The summed E-state index contributed by atoms with van der Waals surface area (Å²) in [7, 11) is -3.61. The zero-order valence-electron chi connectivity index (χ0n) is 21.2. The maximum atomic E-state index is 13.8. The maximum Gasteiger partial charge on any atom is 0.260 e. The van der Waals surface area contributed by atoms with Crippen LogP contribution in [0.15, 0.2) is 65.8 Å². The van der Waals surface area contributed by atoms with Gasteiger partial charge in [-0.05, 0) is 86.7 Å². The molecule has 1 aliphatic rings. The Kier molecular flexibility index (Phi) is 7.11. The summed E-state index contributed by atoms with van der Waals surface area (Å²) in [6, 6.07) is 14.1. The van der Waals surface area contributed by atoms with Gasteiger partial charge in [-0.2, -0.15) is 4.31 Å². The van der Waals surface area contributed by atoms with Gasteiger partial charge in [-0.15, -0.1) is 0 Å². The van der Waals surface area contributed by atoms with Gasteiger partial charge in [0.2, 0.25) is 10.0 Å². The Hall–Kier alpha value is -3.14. The number of piperidine rings is 1. The first kappa shape index (κ1) is 25.5. The second-order valence-electron chi connectivity index (χ2n) is 9.66. The van der Waals surface area contributed by atoms with Crippen LogP contribution >= 0.6 is 11.3 Å². The van der Waals surface area contributed by atoms with Crippen LogP contribution in [0, 0.1) is 13.8 Å². The van der Waals surface area contributed by atoms with E-state index in [1.165, 1.54) is 23.5 Å². The second kappa shape index (κ2) is 10.3. The predicted molar refractivity (Wildman–Crippen MR) is 147 cm³/mol. The van der Waals surface area contributed by atoms with Crippen molar-refractivity contribution < 1.29 is 13.2 Å². The molecule has 0 saturated carbocycles. The molecule has 1 unspecified atom stereocenters. The highest BCUT2D eigenvalue weighted by Gasteiger charge is 2.31. The highest BCUT2D eigenvalue weighted by atomic mass is 32.2. The quantitative estimate of drug-likeness (QED) is 0.316. The lowest BCUT2D eigenvalue weighted by Gasteiger charge is -2.32. The van der Waals surface area contributed by atoms with Crippen molar-refractivity contribution in [2.24, 2.45) is 0 Å². The second-order valence-corrected chi connectivity index (χ2v) is 12.5. The summed E-state index contributed by atoms with van der Waals surface area (Å²) < 4.78 is 29.1. The summed E-state index contributed by atoms with van der Waals surface area (Å²) in [4.78, 5) is 24.7. The first-order valence-corrected chi connectivity index (χ1v) is 14.7. The summed E-state index contributed by atoms with van der Waals surface area (Å²) in [5.41, 5.74) is 4.38. The van der Waals surface area contributed by atoms with E-state index in [0.29, 0.717) is 23.8 Å². The molecule has 1 aliphatic heterocycles. The first-order chi connectivity index (χ1) is 17.7. The number of anilines is 1. The molecule has 192 valence electrons. The van der Waals surface area contributed by atoms with Gasteiger partial charge in [0.05, 0.1) is 21.7 Å². The summed E-state index contributed by atoms with van der Waals surface area (Å²) in [6.45, 7) is 6.86. The average molecular weight is 535 g/mol. The van der Waals surface area contributed by atoms with E-state index in [1.54, 1.807) is 33.7 Å². The SMILES string of the molecule is Cc1cc(C)c2sc(N(Cc3cccnc3)C(=O)c3ccc(S(=O)(=O)N4CCCCC4C)cc3)nc2c1. The standard InChI is InChI=1S/C28H30N4O3S2/c1-19-15-20(2)26-25(16-19)30-28(36-26)31(18-22-8-6-13-29-17-22)27(33)23-9-11-24(12-10-23)37(34,35)32-14-5-4-7-21(32)3/h6,8-13,15-17,21H,4-5,7,14,18H2,1-3H3. The number of carbonyl (C=O) groups is 1. The van der Waals surface area contributed by atoms with E-state index < -0.39 is 10.0 Å². The third-order valence-electron chi connectivity index (χ3n) is 6.80. The van der Waals surface area contributed by atoms with Crippen LogP contribution in [0.4, 0.5) is 5.13 Å². The summed E-state index contributed by atoms with van der Waals surface area (Å²) in [6.07, 6.45) is 6.20. The summed E-state index contributed by atoms with van der Waals surface area (Å²) >= 11 is 1.48. The molecular weight excluding hydrogens is 504 g/mol. The van der Waals surface area contributed by atoms with Gasteiger partial charge in [0.15, 0.2) is 5.13 Å². The molecule has 0 N–H and O–H groups in total. The number of hydrogen-bond acceptors (Lipinski definition) is 6. The van der Waals surface area contributed by atoms with Crippen molar-refractivity contribution in [2.45, 2.75) is 57.5 Å². The van der Waals surface area contributed by atoms with Crippen LogP contribution < -0.4 is 4.90 Å². The molecular formula is C28H30N4O3S2. The number of pyridine rings is 1. The summed E-state index contributed by atoms with van der Waals surface area (Å²) in [5, 5.41) is 0.594. The van der Waals surface area contributed by atoms with Gasteiger partial charge in [-0.25, -0.2) is 13.4 Å². The van der Waals surface area contributed by atoms with Crippen molar-refractivity contribution >= 4 is 42.6 Å². The van der Waals surface area contributed by atoms with Gasteiger partial charge in [-0.3, -0.25) is 14.7 Å². The number of hydrogen-bond donors (Lipinski definition) is 0. The van der Waals surface area contributed by atoms with Crippen LogP contribution in [-0.2, 0) is 16.6 Å². The van der Waals surface area contributed by atoms with Crippen molar-refractivity contribution in [3.05, 3.63) is 83.2 Å². The Morgan fingerprint density at radius 1 is 1.14 bits per heavy atom. The largest absolute Gasteiger partial charge is 0.279 e. The maximum absolute atomic E-state index is 13.8. The van der Waals surface area contributed by atoms with Crippen molar-refractivity contribution in [2.75, 3.05) is 11.4 Å². The van der Waals surface area contributed by atoms with Gasteiger partial charge in [0.1, 0.15) is 0 Å². The van der Waals surface area contributed by atoms with Crippen LogP contribution in [0.1, 0.15) is 53.2 Å². The molecule has 37 heavy (non-hydrogen) atoms. The van der Waals surface area contributed by atoms with Gasteiger partial charge < -0.3 is 0 Å². The van der Waals surface area contributed by atoms with Crippen LogP contribution in [-0.4, -0.2) is 41.2 Å². The molecule has 9 heteroatoms. The van der Waals surface area contributed by atoms with Gasteiger partial charge >= 0.3 is 0 Å². The van der Waals surface area contributed by atoms with Crippen LogP contribution in [0.3, 0.4) is 0 Å². The average Bonchev–Trinajstić information content (AvgIpc) is 3.32. The Labute approximate surface area is 221 Å². The molecule has 1 atom stereocenters. The smallest absolute Gasteiger partial charge is 0.260 e. The van der Waals surface area contributed by atoms with E-state index in [2.05, 4.69) is 11.1 Å². The fourth-order valence-electron chi connectivity index (χ4n) is 4.87. The Bertz CT molecular complexity index is 1530. The first-order valence-electron chi connectivity index (χ1n) is 12.4. The number of sulfonamides is 1. The number of rotatable bonds is 6. The van der Waals surface area contributed by atoms with Gasteiger partial charge in [0.25, 0.3) is 5.91 Å². The monoisotopic (exact) mass is 534 g/mol. The number of thiazole rings is 1. The number of fused-ring (bicyclic) bond motifs is 1. The molecule has 4 aromatic rings. The van der Waals surface area contributed by atoms with Gasteiger partial charge in [-0.1, -0.05) is 29.9 Å². The number of aromatic nitrogens is 2. The van der Waals surface area contributed by atoms with E-state index in [0.717, 1.165) is 46.2 Å².